The average molecular weight is 300 g/mol. The van der Waals surface area contributed by atoms with Crippen molar-refractivity contribution in [2.75, 3.05) is 32.9 Å². The Morgan fingerprint density at radius 1 is 1.19 bits per heavy atom. The Balaban J connectivity index is 2.74. The van der Waals surface area contributed by atoms with Gasteiger partial charge in [-0.3, -0.25) is 9.69 Å². The second-order valence-electron chi connectivity index (χ2n) is 4.94. The number of aliphatic hydroxyl groups is 3. The summed E-state index contributed by atoms with van der Waals surface area (Å²) in [5.74, 6) is 0.154. The van der Waals surface area contributed by atoms with Gasteiger partial charge in [0.05, 0.1) is 26.4 Å². The van der Waals surface area contributed by atoms with E-state index in [4.69, 9.17) is 4.42 Å². The molecular formula is C14H24N2O5. The van der Waals surface area contributed by atoms with E-state index in [1.54, 1.807) is 6.07 Å². The lowest BCUT2D eigenvalue weighted by molar-refractivity contribution is 0.0362. The van der Waals surface area contributed by atoms with Gasteiger partial charge in [-0.05, 0) is 25.2 Å². The molecule has 0 saturated carbocycles. The van der Waals surface area contributed by atoms with Crippen LogP contribution in [0.5, 0.6) is 0 Å². The fourth-order valence-electron chi connectivity index (χ4n) is 1.82. The van der Waals surface area contributed by atoms with Crippen LogP contribution < -0.4 is 5.32 Å². The predicted molar refractivity (Wildman–Crippen MR) is 76.8 cm³/mol. The van der Waals surface area contributed by atoms with Crippen molar-refractivity contribution in [1.82, 2.24) is 10.2 Å². The highest BCUT2D eigenvalue weighted by Gasteiger charge is 2.31. The number of hydrogen-bond donors (Lipinski definition) is 4. The minimum Gasteiger partial charge on any atom is -0.455 e. The molecule has 21 heavy (non-hydrogen) atoms. The molecule has 0 spiro atoms. The zero-order chi connectivity index (χ0) is 15.9. The molecule has 0 unspecified atom stereocenters. The summed E-state index contributed by atoms with van der Waals surface area (Å²) in [6.07, 6.45) is 0. The van der Waals surface area contributed by atoms with Gasteiger partial charge in [-0.1, -0.05) is 13.8 Å². The average Bonchev–Trinajstić information content (AvgIpc) is 2.99. The summed E-state index contributed by atoms with van der Waals surface area (Å²) in [5, 5.41) is 30.0. The van der Waals surface area contributed by atoms with Crippen molar-refractivity contribution >= 4 is 5.91 Å². The van der Waals surface area contributed by atoms with Gasteiger partial charge in [0.2, 0.25) is 0 Å². The van der Waals surface area contributed by atoms with Gasteiger partial charge in [0, 0.05) is 0 Å². The molecule has 120 valence electrons. The first-order valence-electron chi connectivity index (χ1n) is 7.00. The van der Waals surface area contributed by atoms with Crippen LogP contribution in [0.25, 0.3) is 0 Å². The van der Waals surface area contributed by atoms with Crippen LogP contribution in [-0.4, -0.2) is 64.6 Å². The number of amides is 1. The van der Waals surface area contributed by atoms with Gasteiger partial charge in [0.15, 0.2) is 5.76 Å². The number of aliphatic hydroxyl groups excluding tert-OH is 3. The molecule has 7 nitrogen and oxygen atoms in total. The Kier molecular flexibility index (Phi) is 6.83. The van der Waals surface area contributed by atoms with Gasteiger partial charge in [-0.2, -0.15) is 0 Å². The monoisotopic (exact) mass is 300 g/mol. The van der Waals surface area contributed by atoms with Crippen LogP contribution in [0.15, 0.2) is 16.5 Å². The topological polar surface area (TPSA) is 106 Å². The maximum atomic E-state index is 12.0. The van der Waals surface area contributed by atoms with Gasteiger partial charge < -0.3 is 25.1 Å². The number of furan rings is 1. The standard InChI is InChI=1S/C14H24N2O5/c1-3-16(4-2)7-11-5-6-12(21-11)13(20)15-14(8-17,9-18)10-19/h5-6,17-19H,3-4,7-10H2,1-2H3,(H,15,20). The van der Waals surface area contributed by atoms with Crippen molar-refractivity contribution in [3.63, 3.8) is 0 Å². The van der Waals surface area contributed by atoms with Gasteiger partial charge in [-0.15, -0.1) is 0 Å². The maximum Gasteiger partial charge on any atom is 0.287 e. The predicted octanol–water partition coefficient (Wildman–Crippen LogP) is -0.433. The maximum absolute atomic E-state index is 12.0. The second-order valence-corrected chi connectivity index (χ2v) is 4.94. The molecule has 1 aromatic heterocycles. The van der Waals surface area contributed by atoms with Gasteiger partial charge in [0.1, 0.15) is 11.3 Å². The van der Waals surface area contributed by atoms with Crippen LogP contribution in [0.1, 0.15) is 30.2 Å². The Hall–Kier alpha value is -1.41. The lowest BCUT2D eigenvalue weighted by Gasteiger charge is -2.28. The van der Waals surface area contributed by atoms with Crippen molar-refractivity contribution in [3.8, 4) is 0 Å². The largest absolute Gasteiger partial charge is 0.455 e. The first-order chi connectivity index (χ1) is 10.0. The summed E-state index contributed by atoms with van der Waals surface area (Å²) in [6.45, 7) is 4.72. The first-order valence-corrected chi connectivity index (χ1v) is 7.00. The number of rotatable bonds is 9. The first kappa shape index (κ1) is 17.6. The van der Waals surface area contributed by atoms with Gasteiger partial charge in [0.25, 0.3) is 5.91 Å². The third-order valence-corrected chi connectivity index (χ3v) is 3.45. The normalized spacial score (nSPS) is 11.9. The van der Waals surface area contributed by atoms with Crippen molar-refractivity contribution in [3.05, 3.63) is 23.7 Å². The zero-order valence-electron chi connectivity index (χ0n) is 12.5. The lowest BCUT2D eigenvalue weighted by atomic mass is 10.0. The van der Waals surface area contributed by atoms with E-state index in [1.165, 1.54) is 6.07 Å². The van der Waals surface area contributed by atoms with E-state index in [0.717, 1.165) is 13.1 Å². The number of nitrogens with zero attached hydrogens (tertiary/aromatic N) is 1. The molecule has 0 aliphatic rings. The molecule has 0 aliphatic heterocycles. The smallest absolute Gasteiger partial charge is 0.287 e. The van der Waals surface area contributed by atoms with Crippen LogP contribution in [0.4, 0.5) is 0 Å². The number of carbonyl (C=O) groups is 1. The van der Waals surface area contributed by atoms with Gasteiger partial charge in [-0.25, -0.2) is 0 Å². The molecule has 0 radical (unpaired) electrons. The Labute approximate surface area is 124 Å². The van der Waals surface area contributed by atoms with Crippen molar-refractivity contribution in [2.24, 2.45) is 0 Å². The van der Waals surface area contributed by atoms with Crippen LogP contribution in [-0.2, 0) is 6.54 Å². The molecule has 0 saturated heterocycles. The molecule has 0 bridgehead atoms. The highest BCUT2D eigenvalue weighted by molar-refractivity contribution is 5.92. The molecule has 1 aromatic rings. The third kappa shape index (κ3) is 4.53. The van der Waals surface area contributed by atoms with Crippen molar-refractivity contribution < 1.29 is 24.5 Å². The molecule has 0 aliphatic carbocycles. The molecule has 1 rings (SSSR count). The minimum absolute atomic E-state index is 0.0804. The Morgan fingerprint density at radius 2 is 1.76 bits per heavy atom. The highest BCUT2D eigenvalue weighted by Crippen LogP contribution is 2.12. The van der Waals surface area contributed by atoms with Gasteiger partial charge >= 0.3 is 0 Å². The fourth-order valence-corrected chi connectivity index (χ4v) is 1.82. The summed E-state index contributed by atoms with van der Waals surface area (Å²) in [4.78, 5) is 14.2. The number of nitrogens with one attached hydrogen (secondary N) is 1. The molecule has 1 heterocycles. The Bertz CT molecular complexity index is 430. The van der Waals surface area contributed by atoms with E-state index < -0.39 is 31.3 Å². The zero-order valence-corrected chi connectivity index (χ0v) is 12.5. The second kappa shape index (κ2) is 8.14. The quantitative estimate of drug-likeness (QED) is 0.493. The summed E-state index contributed by atoms with van der Waals surface area (Å²) < 4.78 is 5.46. The molecule has 0 aromatic carbocycles. The van der Waals surface area contributed by atoms with E-state index in [2.05, 4.69) is 10.2 Å². The van der Waals surface area contributed by atoms with E-state index in [9.17, 15) is 20.1 Å². The highest BCUT2D eigenvalue weighted by atomic mass is 16.4. The molecular weight excluding hydrogens is 276 g/mol. The summed E-state index contributed by atoms with van der Waals surface area (Å²) in [5.41, 5.74) is -1.46. The van der Waals surface area contributed by atoms with E-state index in [1.807, 2.05) is 13.8 Å². The van der Waals surface area contributed by atoms with E-state index >= 15 is 0 Å². The minimum atomic E-state index is -1.46. The molecule has 7 heteroatoms. The van der Waals surface area contributed by atoms with Crippen LogP contribution >= 0.6 is 0 Å². The van der Waals surface area contributed by atoms with Crippen molar-refractivity contribution in [1.29, 1.82) is 0 Å². The number of hydrogen-bond acceptors (Lipinski definition) is 6. The SMILES string of the molecule is CCN(CC)Cc1ccc(C(=O)NC(CO)(CO)CO)o1. The third-order valence-electron chi connectivity index (χ3n) is 3.45. The lowest BCUT2D eigenvalue weighted by Crippen LogP contribution is -2.57. The molecule has 1 amide bonds. The van der Waals surface area contributed by atoms with E-state index in [0.29, 0.717) is 12.3 Å². The van der Waals surface area contributed by atoms with Crippen LogP contribution in [0.2, 0.25) is 0 Å². The summed E-state index contributed by atoms with van der Waals surface area (Å²) in [7, 11) is 0. The van der Waals surface area contributed by atoms with Crippen LogP contribution in [0, 0.1) is 0 Å². The number of carbonyl (C=O) groups excluding carboxylic acids is 1. The van der Waals surface area contributed by atoms with Crippen LogP contribution in [0.3, 0.4) is 0 Å². The van der Waals surface area contributed by atoms with E-state index in [-0.39, 0.29) is 5.76 Å². The summed E-state index contributed by atoms with van der Waals surface area (Å²) in [6, 6.07) is 3.25. The molecule has 0 atom stereocenters. The Morgan fingerprint density at radius 3 is 2.24 bits per heavy atom. The summed E-state index contributed by atoms with van der Waals surface area (Å²) >= 11 is 0. The van der Waals surface area contributed by atoms with Crippen molar-refractivity contribution in [2.45, 2.75) is 25.9 Å². The molecule has 4 N–H and O–H groups in total. The fraction of sp³-hybridized carbons (Fsp3) is 0.643. The molecule has 0 fully saturated rings.